The molecule has 2 N–H and O–H groups in total. The molecule has 0 aromatic heterocycles. The predicted molar refractivity (Wildman–Crippen MR) is 136 cm³/mol. The second-order valence-electron chi connectivity index (χ2n) is 8.62. The molecule has 8 heteroatoms. The van der Waals surface area contributed by atoms with Crippen molar-refractivity contribution in [2.75, 3.05) is 11.5 Å². The average Bonchev–Trinajstić information content (AvgIpc) is 3.08. The van der Waals surface area contributed by atoms with Crippen molar-refractivity contribution >= 4 is 46.3 Å². The van der Waals surface area contributed by atoms with Crippen LogP contribution in [-0.2, 0) is 9.59 Å². The number of nitrogens with zero attached hydrogens (tertiary/aromatic N) is 1. The fourth-order valence-electron chi connectivity index (χ4n) is 3.88. The Morgan fingerprint density at radius 2 is 1.57 bits per heavy atom. The van der Waals surface area contributed by atoms with Crippen LogP contribution in [0.2, 0.25) is 10.0 Å². The number of phenolic OH excluding ortho intramolecular Hbond substituents is 1. The highest BCUT2D eigenvalue weighted by Crippen LogP contribution is 2.43. The Morgan fingerprint density at radius 1 is 0.971 bits per heavy atom. The van der Waals surface area contributed by atoms with E-state index in [2.05, 4.69) is 0 Å². The first-order valence-electron chi connectivity index (χ1n) is 10.9. The van der Waals surface area contributed by atoms with Crippen molar-refractivity contribution in [3.63, 3.8) is 0 Å². The van der Waals surface area contributed by atoms with Gasteiger partial charge in [0.2, 0.25) is 0 Å². The summed E-state index contributed by atoms with van der Waals surface area (Å²) in [7, 11) is 0. The van der Waals surface area contributed by atoms with Crippen LogP contribution < -0.4 is 9.64 Å². The van der Waals surface area contributed by atoms with Crippen molar-refractivity contribution in [1.29, 1.82) is 0 Å². The van der Waals surface area contributed by atoms with Gasteiger partial charge in [-0.1, -0.05) is 49.2 Å². The number of aliphatic hydroxyl groups is 1. The van der Waals surface area contributed by atoms with Gasteiger partial charge in [-0.2, -0.15) is 0 Å². The molecule has 1 saturated heterocycles. The van der Waals surface area contributed by atoms with E-state index in [4.69, 9.17) is 27.9 Å². The summed E-state index contributed by atoms with van der Waals surface area (Å²) in [6.07, 6.45) is 0. The predicted octanol–water partition coefficient (Wildman–Crippen LogP) is 6.36. The maximum absolute atomic E-state index is 13.2. The summed E-state index contributed by atoms with van der Waals surface area (Å²) < 4.78 is 5.69. The van der Waals surface area contributed by atoms with Crippen LogP contribution in [0.1, 0.15) is 31.0 Å². The largest absolute Gasteiger partial charge is 0.508 e. The molecule has 0 bridgehead atoms. The Labute approximate surface area is 213 Å². The summed E-state index contributed by atoms with van der Waals surface area (Å²) in [5, 5.41) is 21.6. The number of Topliss-reactive ketones (excluding diaryl/α,β-unsaturated/α-hetero) is 1. The number of benzene rings is 3. The Hall–Kier alpha value is -3.48. The van der Waals surface area contributed by atoms with E-state index >= 15 is 0 Å². The lowest BCUT2D eigenvalue weighted by Gasteiger charge is -2.26. The summed E-state index contributed by atoms with van der Waals surface area (Å²) in [6, 6.07) is 16.3. The summed E-state index contributed by atoms with van der Waals surface area (Å²) in [4.78, 5) is 27.7. The van der Waals surface area contributed by atoms with Crippen LogP contribution in [0.4, 0.5) is 5.69 Å². The van der Waals surface area contributed by atoms with Crippen LogP contribution in [0.25, 0.3) is 5.76 Å². The molecule has 3 aromatic carbocycles. The van der Waals surface area contributed by atoms with Crippen LogP contribution in [0.15, 0.2) is 72.3 Å². The van der Waals surface area contributed by atoms with E-state index in [1.807, 2.05) is 13.8 Å². The molecule has 180 valence electrons. The highest BCUT2D eigenvalue weighted by Gasteiger charge is 2.47. The molecule has 1 atom stereocenters. The molecular weight excluding hydrogens is 489 g/mol. The van der Waals surface area contributed by atoms with Crippen molar-refractivity contribution < 1.29 is 24.5 Å². The molecule has 1 fully saturated rings. The van der Waals surface area contributed by atoms with E-state index in [9.17, 15) is 19.8 Å². The molecule has 3 aromatic rings. The van der Waals surface area contributed by atoms with Crippen molar-refractivity contribution in [3.05, 3.63) is 93.5 Å². The molecule has 0 aliphatic carbocycles. The van der Waals surface area contributed by atoms with Crippen molar-refractivity contribution in [2.24, 2.45) is 5.92 Å². The number of ketones is 1. The summed E-state index contributed by atoms with van der Waals surface area (Å²) in [5.41, 5.74) is 1.08. The SMILES string of the molecule is CC(C)COc1ccc(/C(O)=C2\C(=O)C(=O)N(c3cc(Cl)cc(Cl)c3)C2c2ccc(O)cc2)cc1. The van der Waals surface area contributed by atoms with Gasteiger partial charge in [0.1, 0.15) is 17.3 Å². The van der Waals surface area contributed by atoms with Gasteiger partial charge in [-0.3, -0.25) is 14.5 Å². The minimum atomic E-state index is -0.970. The lowest BCUT2D eigenvalue weighted by Crippen LogP contribution is -2.29. The molecule has 1 heterocycles. The molecule has 0 spiro atoms. The normalized spacial score (nSPS) is 17.3. The maximum atomic E-state index is 13.2. The number of amides is 1. The van der Waals surface area contributed by atoms with Gasteiger partial charge in [0.15, 0.2) is 0 Å². The minimum absolute atomic E-state index is 0.0217. The quantitative estimate of drug-likeness (QED) is 0.228. The van der Waals surface area contributed by atoms with Gasteiger partial charge in [-0.15, -0.1) is 0 Å². The summed E-state index contributed by atoms with van der Waals surface area (Å²) in [5.74, 6) is -1.01. The summed E-state index contributed by atoms with van der Waals surface area (Å²) >= 11 is 12.3. The third-order valence-corrected chi connectivity index (χ3v) is 5.93. The lowest BCUT2D eigenvalue weighted by atomic mass is 9.95. The number of phenols is 1. The highest BCUT2D eigenvalue weighted by atomic mass is 35.5. The van der Waals surface area contributed by atoms with E-state index in [1.54, 1.807) is 36.4 Å². The number of hydrogen-bond acceptors (Lipinski definition) is 5. The minimum Gasteiger partial charge on any atom is -0.508 e. The second-order valence-corrected chi connectivity index (χ2v) is 9.49. The zero-order valence-electron chi connectivity index (χ0n) is 19.0. The first-order valence-corrected chi connectivity index (χ1v) is 11.7. The maximum Gasteiger partial charge on any atom is 0.300 e. The molecule has 35 heavy (non-hydrogen) atoms. The molecule has 0 saturated carbocycles. The van der Waals surface area contributed by atoms with Crippen LogP contribution in [0.3, 0.4) is 0 Å². The van der Waals surface area contributed by atoms with Gasteiger partial charge in [-0.25, -0.2) is 0 Å². The second kappa shape index (κ2) is 10.0. The average molecular weight is 512 g/mol. The molecule has 1 aliphatic rings. The number of rotatable bonds is 6. The van der Waals surface area contributed by atoms with E-state index in [1.165, 1.54) is 35.2 Å². The number of carbonyl (C=O) groups excluding carboxylic acids is 2. The smallest absolute Gasteiger partial charge is 0.300 e. The third-order valence-electron chi connectivity index (χ3n) is 5.49. The zero-order valence-corrected chi connectivity index (χ0v) is 20.5. The van der Waals surface area contributed by atoms with E-state index in [0.717, 1.165) is 0 Å². The zero-order chi connectivity index (χ0) is 25.3. The van der Waals surface area contributed by atoms with Gasteiger partial charge in [-0.05, 0) is 66.1 Å². The number of hydrogen-bond donors (Lipinski definition) is 2. The van der Waals surface area contributed by atoms with E-state index in [-0.39, 0.29) is 27.1 Å². The Morgan fingerprint density at radius 3 is 2.14 bits per heavy atom. The standard InChI is InChI=1S/C27H23Cl2NO5/c1-15(2)14-35-22-9-5-17(6-10-22)25(32)23-24(16-3-7-21(31)8-4-16)30(27(34)26(23)33)20-12-18(28)11-19(29)13-20/h3-13,15,24,31-32H,14H2,1-2H3/b25-23+. The van der Waals surface area contributed by atoms with Crippen LogP contribution in [0.5, 0.6) is 11.5 Å². The number of ether oxygens (including phenoxy) is 1. The number of anilines is 1. The van der Waals surface area contributed by atoms with Crippen LogP contribution >= 0.6 is 23.2 Å². The first kappa shape index (κ1) is 24.6. The van der Waals surface area contributed by atoms with Gasteiger partial charge < -0.3 is 14.9 Å². The van der Waals surface area contributed by atoms with Gasteiger partial charge >= 0.3 is 0 Å². The molecule has 1 aliphatic heterocycles. The van der Waals surface area contributed by atoms with Gasteiger partial charge in [0.05, 0.1) is 18.2 Å². The molecule has 4 rings (SSSR count). The summed E-state index contributed by atoms with van der Waals surface area (Å²) in [6.45, 7) is 4.62. The Kier molecular flexibility index (Phi) is 7.05. The molecule has 6 nitrogen and oxygen atoms in total. The number of aliphatic hydroxyl groups excluding tert-OH is 1. The topological polar surface area (TPSA) is 87.1 Å². The lowest BCUT2D eigenvalue weighted by molar-refractivity contribution is -0.132. The molecular formula is C27H23Cl2NO5. The van der Waals surface area contributed by atoms with Gasteiger partial charge in [0.25, 0.3) is 11.7 Å². The number of halogens is 2. The van der Waals surface area contributed by atoms with Crippen LogP contribution in [-0.4, -0.2) is 28.5 Å². The Bertz CT molecular complexity index is 1280. The molecule has 1 unspecified atom stereocenters. The number of carbonyl (C=O) groups is 2. The Balaban J connectivity index is 1.84. The van der Waals surface area contributed by atoms with Crippen LogP contribution in [0, 0.1) is 5.92 Å². The fraction of sp³-hybridized carbons (Fsp3) is 0.185. The third kappa shape index (κ3) is 5.14. The first-order chi connectivity index (χ1) is 16.7. The van der Waals surface area contributed by atoms with E-state index in [0.29, 0.717) is 35.1 Å². The molecule has 1 amide bonds. The van der Waals surface area contributed by atoms with Crippen molar-refractivity contribution in [2.45, 2.75) is 19.9 Å². The van der Waals surface area contributed by atoms with Gasteiger partial charge in [0, 0.05) is 21.3 Å². The highest BCUT2D eigenvalue weighted by molar-refractivity contribution is 6.52. The fourth-order valence-corrected chi connectivity index (χ4v) is 4.39. The van der Waals surface area contributed by atoms with Crippen molar-refractivity contribution in [1.82, 2.24) is 0 Å². The number of aromatic hydroxyl groups is 1. The van der Waals surface area contributed by atoms with E-state index < -0.39 is 17.7 Å². The molecule has 0 radical (unpaired) electrons. The van der Waals surface area contributed by atoms with Crippen molar-refractivity contribution in [3.8, 4) is 11.5 Å². The monoisotopic (exact) mass is 511 g/mol.